The first-order valence-corrected chi connectivity index (χ1v) is 24.2. The summed E-state index contributed by atoms with van der Waals surface area (Å²) in [6.07, 6.45) is -1.15. The van der Waals surface area contributed by atoms with Gasteiger partial charge in [0.15, 0.2) is 5.60 Å². The van der Waals surface area contributed by atoms with Crippen molar-refractivity contribution in [3.8, 4) is 22.5 Å². The molecule has 0 spiro atoms. The number of cyclic esters (lactones) is 1. The molecule has 0 fully saturated rings. The Labute approximate surface area is 417 Å². The fraction of sp³-hybridized carbons (Fsp3) is 0.377. The quantitative estimate of drug-likeness (QED) is 0.0720. The molecule has 1 unspecified atom stereocenters. The number of ether oxygens (including phenoxy) is 2. The number of aliphatic carboxylic acids is 1. The molecule has 3 aromatic carbocycles. The highest BCUT2D eigenvalue weighted by atomic mass is 19.1. The standard InChI is InChI=1S/C53H54FN7O12/c1-6-53(71)36-19-41-45-33(21-61(41)50(68)35(36)23-72-51(53)69)44-38(16-15-28-24(2)37(54)20-40(58-45)43(28)44)59-48(66)27(5)56-46(64)25(3)55-47(65)26(4)57-49(67)39(17-18-42(62)63)60-52(70)73-22-34-31-13-9-7-11-29(31)30-12-8-10-14-32(30)34/h7-14,19-20,25-27,34,38-39,71H,6,15-18,21-23H2,1-5H3,(H,55,65)(H,56,64)(H,57,67)(H,59,66)(H,60,70)(H,62,63)/t25-,26-,27-,38-,39?,53-/m0/s1. The normalized spacial score (nSPS) is 18.6. The number of rotatable bonds is 15. The minimum Gasteiger partial charge on any atom is -0.481 e. The van der Waals surface area contributed by atoms with Gasteiger partial charge in [0, 0.05) is 34.9 Å². The monoisotopic (exact) mass is 999 g/mol. The molecule has 7 N–H and O–H groups in total. The van der Waals surface area contributed by atoms with Crippen LogP contribution in [0.4, 0.5) is 9.18 Å². The Morgan fingerprint density at radius 2 is 1.48 bits per heavy atom. The number of nitrogens with zero attached hydrogens (tertiary/aromatic N) is 2. The third-order valence-corrected chi connectivity index (χ3v) is 14.5. The van der Waals surface area contributed by atoms with Gasteiger partial charge in [0.25, 0.3) is 5.56 Å². The number of benzene rings is 3. The van der Waals surface area contributed by atoms with Crippen molar-refractivity contribution in [1.29, 1.82) is 0 Å². The van der Waals surface area contributed by atoms with Gasteiger partial charge in [-0.3, -0.25) is 28.8 Å². The first kappa shape index (κ1) is 50.0. The molecule has 9 rings (SSSR count). The lowest BCUT2D eigenvalue weighted by Gasteiger charge is -2.31. The fourth-order valence-electron chi connectivity index (χ4n) is 10.5. The van der Waals surface area contributed by atoms with E-state index in [1.54, 1.807) is 19.9 Å². The van der Waals surface area contributed by atoms with Gasteiger partial charge < -0.3 is 50.8 Å². The number of halogens is 1. The van der Waals surface area contributed by atoms with Crippen molar-refractivity contribution in [3.05, 3.63) is 121 Å². The summed E-state index contributed by atoms with van der Waals surface area (Å²) in [5.41, 5.74) is 4.90. The maximum Gasteiger partial charge on any atom is 0.407 e. The molecule has 0 saturated heterocycles. The Bertz CT molecular complexity index is 3200. The Balaban J connectivity index is 0.838. The topological polar surface area (TPSA) is 273 Å². The number of carbonyl (C=O) groups is 7. The van der Waals surface area contributed by atoms with Crippen LogP contribution >= 0.6 is 0 Å². The molecule has 19 nitrogen and oxygen atoms in total. The molecular weight excluding hydrogens is 946 g/mol. The third kappa shape index (κ3) is 9.04. The minimum absolute atomic E-state index is 0.0241. The van der Waals surface area contributed by atoms with Crippen LogP contribution < -0.4 is 32.1 Å². The van der Waals surface area contributed by atoms with Crippen LogP contribution in [0.5, 0.6) is 0 Å². The van der Waals surface area contributed by atoms with E-state index in [1.165, 1.54) is 31.4 Å². The first-order valence-electron chi connectivity index (χ1n) is 24.2. The number of carbonyl (C=O) groups excluding carboxylic acids is 6. The molecule has 0 bridgehead atoms. The molecule has 20 heteroatoms. The summed E-state index contributed by atoms with van der Waals surface area (Å²) in [7, 11) is 0. The summed E-state index contributed by atoms with van der Waals surface area (Å²) in [6.45, 7) is 7.05. The highest BCUT2D eigenvalue weighted by Crippen LogP contribution is 2.47. The van der Waals surface area contributed by atoms with Crippen LogP contribution in [0.2, 0.25) is 0 Å². The van der Waals surface area contributed by atoms with E-state index >= 15 is 4.39 Å². The Hall–Kier alpha value is -8.00. The lowest BCUT2D eigenvalue weighted by molar-refractivity contribution is -0.172. The molecule has 5 amide bonds. The first-order chi connectivity index (χ1) is 34.8. The van der Waals surface area contributed by atoms with Crippen LogP contribution in [0.1, 0.15) is 110 Å². The number of aryl methyl sites for hydroxylation is 1. The Morgan fingerprint density at radius 3 is 2.11 bits per heavy atom. The molecule has 4 heterocycles. The highest BCUT2D eigenvalue weighted by Gasteiger charge is 2.46. The van der Waals surface area contributed by atoms with Crippen LogP contribution in [-0.4, -0.2) is 92.2 Å². The van der Waals surface area contributed by atoms with Crippen molar-refractivity contribution in [3.63, 3.8) is 0 Å². The number of amides is 5. The van der Waals surface area contributed by atoms with Gasteiger partial charge in [-0.25, -0.2) is 19.0 Å². The molecule has 2 aliphatic heterocycles. The van der Waals surface area contributed by atoms with Crippen LogP contribution in [0.3, 0.4) is 0 Å². The van der Waals surface area contributed by atoms with Gasteiger partial charge in [0.05, 0.1) is 35.1 Å². The van der Waals surface area contributed by atoms with Gasteiger partial charge in [-0.2, -0.15) is 0 Å². The molecule has 5 aromatic rings. The van der Waals surface area contributed by atoms with E-state index in [2.05, 4.69) is 26.6 Å². The van der Waals surface area contributed by atoms with Crippen molar-refractivity contribution in [1.82, 2.24) is 36.1 Å². The molecule has 73 heavy (non-hydrogen) atoms. The number of aromatic nitrogens is 2. The van der Waals surface area contributed by atoms with Crippen molar-refractivity contribution < 1.29 is 57.6 Å². The summed E-state index contributed by atoms with van der Waals surface area (Å²) >= 11 is 0. The SMILES string of the molecule is CC[C@@]1(O)C(=O)OCc2c1cc1n(c2=O)Cc2c-1nc1cc(F)c(C)c3c1c2[C@@H](NC(=O)[C@H](C)NC(=O)[C@H](C)NC(=O)[C@H](C)NC(=O)C(CCC(=O)O)NC(=O)OCC1c2ccccc2-c2ccccc21)CC3. The van der Waals surface area contributed by atoms with E-state index in [0.29, 0.717) is 51.9 Å². The smallest absolute Gasteiger partial charge is 0.407 e. The van der Waals surface area contributed by atoms with Gasteiger partial charge in [-0.05, 0) is 98.4 Å². The van der Waals surface area contributed by atoms with Crippen LogP contribution in [0.25, 0.3) is 33.4 Å². The number of fused-ring (bicyclic) bond motifs is 8. The summed E-state index contributed by atoms with van der Waals surface area (Å²) in [4.78, 5) is 110. The molecule has 2 aliphatic carbocycles. The predicted octanol–water partition coefficient (Wildman–Crippen LogP) is 3.92. The van der Waals surface area contributed by atoms with E-state index < -0.39 is 95.3 Å². The number of nitrogens with one attached hydrogen (secondary N) is 5. The van der Waals surface area contributed by atoms with Gasteiger partial charge in [0.1, 0.15) is 43.2 Å². The average Bonchev–Trinajstić information content (AvgIpc) is 3.90. The molecule has 2 aromatic heterocycles. The zero-order valence-corrected chi connectivity index (χ0v) is 40.6. The number of carboxylic acid groups (broad SMARTS) is 1. The van der Waals surface area contributed by atoms with Gasteiger partial charge >= 0.3 is 18.0 Å². The number of pyridine rings is 2. The van der Waals surface area contributed by atoms with E-state index in [9.17, 15) is 48.6 Å². The zero-order chi connectivity index (χ0) is 52.2. The van der Waals surface area contributed by atoms with Crippen LogP contribution in [-0.2, 0) is 63.4 Å². The minimum atomic E-state index is -2.07. The van der Waals surface area contributed by atoms with Gasteiger partial charge in [-0.15, -0.1) is 0 Å². The van der Waals surface area contributed by atoms with E-state index in [1.807, 2.05) is 48.5 Å². The highest BCUT2D eigenvalue weighted by molar-refractivity contribution is 5.97. The Morgan fingerprint density at radius 1 is 0.863 bits per heavy atom. The fourth-order valence-corrected chi connectivity index (χ4v) is 10.5. The molecule has 6 atom stereocenters. The zero-order valence-electron chi connectivity index (χ0n) is 40.6. The number of alkyl carbamates (subject to hydrolysis) is 1. The number of carboxylic acids is 1. The number of hydrogen-bond acceptors (Lipinski definition) is 12. The lowest BCUT2D eigenvalue weighted by atomic mass is 9.81. The van der Waals surface area contributed by atoms with Crippen molar-refractivity contribution >= 4 is 52.6 Å². The number of esters is 1. The summed E-state index contributed by atoms with van der Waals surface area (Å²) < 4.78 is 27.7. The largest absolute Gasteiger partial charge is 0.481 e. The molecule has 0 saturated carbocycles. The number of hydrogen-bond donors (Lipinski definition) is 7. The average molecular weight is 1000 g/mol. The van der Waals surface area contributed by atoms with E-state index in [-0.39, 0.29) is 55.2 Å². The maximum absolute atomic E-state index is 15.4. The molecule has 0 radical (unpaired) electrons. The van der Waals surface area contributed by atoms with Crippen LogP contribution in [0.15, 0.2) is 65.5 Å². The number of aliphatic hydroxyl groups is 1. The summed E-state index contributed by atoms with van der Waals surface area (Å²) in [6, 6.07) is 12.6. The molecular formula is C53H54FN7O12. The second-order valence-corrected chi connectivity index (χ2v) is 19.1. The van der Waals surface area contributed by atoms with Crippen molar-refractivity contribution in [2.75, 3.05) is 6.61 Å². The van der Waals surface area contributed by atoms with Crippen molar-refractivity contribution in [2.45, 2.75) is 122 Å². The molecule has 4 aliphatic rings. The van der Waals surface area contributed by atoms with Crippen LogP contribution in [0, 0.1) is 12.7 Å². The second-order valence-electron chi connectivity index (χ2n) is 19.1. The maximum atomic E-state index is 15.4. The lowest BCUT2D eigenvalue weighted by Crippen LogP contribution is -2.56. The van der Waals surface area contributed by atoms with Gasteiger partial charge in [-0.1, -0.05) is 55.5 Å². The van der Waals surface area contributed by atoms with E-state index in [0.717, 1.165) is 22.3 Å². The third-order valence-electron chi connectivity index (χ3n) is 14.5. The Kier molecular flexibility index (Phi) is 13.4. The second kappa shape index (κ2) is 19.5. The van der Waals surface area contributed by atoms with Gasteiger partial charge in [0.2, 0.25) is 23.6 Å². The summed E-state index contributed by atoms with van der Waals surface area (Å²) in [5.74, 6) is -5.86. The predicted molar refractivity (Wildman–Crippen MR) is 260 cm³/mol. The van der Waals surface area contributed by atoms with E-state index in [4.69, 9.17) is 14.5 Å². The van der Waals surface area contributed by atoms with Crippen molar-refractivity contribution in [2.24, 2.45) is 0 Å². The summed E-state index contributed by atoms with van der Waals surface area (Å²) in [5, 5.41) is 34.4. The molecule has 380 valence electrons.